The summed E-state index contributed by atoms with van der Waals surface area (Å²) in [4.78, 5) is 0. The summed E-state index contributed by atoms with van der Waals surface area (Å²) in [5.41, 5.74) is 1.09. The molecule has 144 valence electrons. The van der Waals surface area contributed by atoms with Gasteiger partial charge in [0, 0.05) is 0 Å². The van der Waals surface area contributed by atoms with Gasteiger partial charge in [0.25, 0.3) is 8.32 Å². The summed E-state index contributed by atoms with van der Waals surface area (Å²) in [5.74, 6) is 1.60. The van der Waals surface area contributed by atoms with Crippen LogP contribution in [0.2, 0.25) is 5.04 Å². The van der Waals surface area contributed by atoms with Crippen molar-refractivity contribution in [3.63, 3.8) is 0 Å². The second-order valence-electron chi connectivity index (χ2n) is 8.14. The molecule has 0 atom stereocenters. The molecule has 4 rings (SSSR count). The van der Waals surface area contributed by atoms with Gasteiger partial charge in [-0.15, -0.1) is 0 Å². The first kappa shape index (κ1) is 18.8. The van der Waals surface area contributed by atoms with Crippen LogP contribution in [0.25, 0.3) is 0 Å². The lowest BCUT2D eigenvalue weighted by molar-refractivity contribution is 0.174. The molecule has 0 bridgehead atoms. The summed E-state index contributed by atoms with van der Waals surface area (Å²) in [6, 6.07) is 27.5. The lowest BCUT2D eigenvalue weighted by atomic mass is 10.2. The van der Waals surface area contributed by atoms with E-state index in [1.165, 1.54) is 10.4 Å². The molecule has 0 aliphatic carbocycles. The number of ether oxygens (including phenoxy) is 2. The number of fused-ring (bicyclic) bond motifs is 1. The summed E-state index contributed by atoms with van der Waals surface area (Å²) < 4.78 is 17.9. The standard InChI is InChI=1S/C24H26O3Si/c1-24(2,3)28(20-10-6-4-7-11-20,21-12-8-5-9-13-21)27-17-19-14-15-22-23(16-19)26-18-25-22/h4-16H,17-18H2,1-3H3. The van der Waals surface area contributed by atoms with Crippen LogP contribution in [0.15, 0.2) is 78.9 Å². The van der Waals surface area contributed by atoms with Gasteiger partial charge in [0.05, 0.1) is 6.61 Å². The Hall–Kier alpha value is -2.56. The lowest BCUT2D eigenvalue weighted by Gasteiger charge is -2.43. The van der Waals surface area contributed by atoms with Gasteiger partial charge in [0.1, 0.15) is 0 Å². The maximum atomic E-state index is 6.95. The van der Waals surface area contributed by atoms with Gasteiger partial charge in [-0.3, -0.25) is 0 Å². The molecule has 0 aromatic heterocycles. The first-order valence-electron chi connectivity index (χ1n) is 9.64. The highest BCUT2D eigenvalue weighted by atomic mass is 28.4. The van der Waals surface area contributed by atoms with Crippen LogP contribution in [-0.2, 0) is 11.0 Å². The molecule has 0 saturated carbocycles. The minimum absolute atomic E-state index is 0.0357. The Balaban J connectivity index is 1.76. The molecule has 0 amide bonds. The van der Waals surface area contributed by atoms with Gasteiger partial charge in [-0.2, -0.15) is 0 Å². The van der Waals surface area contributed by atoms with Crippen LogP contribution in [-0.4, -0.2) is 15.1 Å². The van der Waals surface area contributed by atoms with E-state index in [4.69, 9.17) is 13.9 Å². The third-order valence-corrected chi connectivity index (χ3v) is 10.3. The molecule has 1 aliphatic heterocycles. The van der Waals surface area contributed by atoms with Gasteiger partial charge >= 0.3 is 0 Å². The van der Waals surface area contributed by atoms with Gasteiger partial charge in [-0.05, 0) is 33.1 Å². The Morgan fingerprint density at radius 1 is 0.786 bits per heavy atom. The molecule has 0 saturated heterocycles. The third kappa shape index (κ3) is 3.34. The summed E-state index contributed by atoms with van der Waals surface area (Å²) in [6.07, 6.45) is 0. The van der Waals surface area contributed by atoms with Crippen LogP contribution >= 0.6 is 0 Å². The van der Waals surface area contributed by atoms with E-state index >= 15 is 0 Å². The van der Waals surface area contributed by atoms with E-state index in [-0.39, 0.29) is 11.8 Å². The van der Waals surface area contributed by atoms with Crippen LogP contribution in [0, 0.1) is 0 Å². The summed E-state index contributed by atoms with van der Waals surface area (Å²) in [6.45, 7) is 7.69. The van der Waals surface area contributed by atoms with E-state index in [1.54, 1.807) is 0 Å². The normalized spacial score (nSPS) is 13.5. The Kier molecular flexibility index (Phi) is 5.00. The van der Waals surface area contributed by atoms with E-state index in [0.29, 0.717) is 6.61 Å². The van der Waals surface area contributed by atoms with Crippen molar-refractivity contribution in [1.82, 2.24) is 0 Å². The summed E-state index contributed by atoms with van der Waals surface area (Å²) >= 11 is 0. The van der Waals surface area contributed by atoms with E-state index in [9.17, 15) is 0 Å². The van der Waals surface area contributed by atoms with E-state index in [1.807, 2.05) is 12.1 Å². The maximum Gasteiger partial charge on any atom is 0.261 e. The van der Waals surface area contributed by atoms with Crippen molar-refractivity contribution in [2.24, 2.45) is 0 Å². The first-order valence-corrected chi connectivity index (χ1v) is 11.5. The molecule has 0 unspecified atom stereocenters. The molecule has 3 aromatic rings. The zero-order valence-corrected chi connectivity index (χ0v) is 17.6. The van der Waals surface area contributed by atoms with Gasteiger partial charge in [-0.1, -0.05) is 87.5 Å². The van der Waals surface area contributed by atoms with Crippen molar-refractivity contribution in [2.45, 2.75) is 32.4 Å². The van der Waals surface area contributed by atoms with Crippen molar-refractivity contribution in [3.8, 4) is 11.5 Å². The molecule has 0 fully saturated rings. The Morgan fingerprint density at radius 3 is 1.93 bits per heavy atom. The van der Waals surface area contributed by atoms with Crippen LogP contribution < -0.4 is 19.8 Å². The molecule has 1 aliphatic rings. The second kappa shape index (κ2) is 7.45. The average Bonchev–Trinajstić information content (AvgIpc) is 3.17. The highest BCUT2D eigenvalue weighted by Gasteiger charge is 2.50. The van der Waals surface area contributed by atoms with Gasteiger partial charge in [-0.25, -0.2) is 0 Å². The largest absolute Gasteiger partial charge is 0.454 e. The van der Waals surface area contributed by atoms with Crippen molar-refractivity contribution in [1.29, 1.82) is 0 Å². The minimum atomic E-state index is -2.53. The molecule has 0 N–H and O–H groups in total. The van der Waals surface area contributed by atoms with Crippen molar-refractivity contribution >= 4 is 18.7 Å². The number of hydrogen-bond donors (Lipinski definition) is 0. The fraction of sp³-hybridized carbons (Fsp3) is 0.250. The fourth-order valence-corrected chi connectivity index (χ4v) is 8.52. The molecule has 28 heavy (non-hydrogen) atoms. The summed E-state index contributed by atoms with van der Waals surface area (Å²) in [5, 5.41) is 2.54. The van der Waals surface area contributed by atoms with Crippen LogP contribution in [0.1, 0.15) is 26.3 Å². The number of benzene rings is 3. The molecule has 1 heterocycles. The van der Waals surface area contributed by atoms with Gasteiger partial charge in [0.2, 0.25) is 6.79 Å². The van der Waals surface area contributed by atoms with E-state index < -0.39 is 8.32 Å². The third-order valence-electron chi connectivity index (χ3n) is 5.31. The highest BCUT2D eigenvalue weighted by Crippen LogP contribution is 2.38. The Bertz CT molecular complexity index is 894. The molecule has 0 spiro atoms. The molecular weight excluding hydrogens is 364 g/mol. The van der Waals surface area contributed by atoms with Crippen LogP contribution in [0.3, 0.4) is 0 Å². The topological polar surface area (TPSA) is 27.7 Å². The molecule has 3 nitrogen and oxygen atoms in total. The predicted molar refractivity (Wildman–Crippen MR) is 115 cm³/mol. The second-order valence-corrected chi connectivity index (χ2v) is 12.4. The van der Waals surface area contributed by atoms with Gasteiger partial charge in [0.15, 0.2) is 11.5 Å². The van der Waals surface area contributed by atoms with Crippen molar-refractivity contribution in [3.05, 3.63) is 84.4 Å². The summed E-state index contributed by atoms with van der Waals surface area (Å²) in [7, 11) is -2.53. The zero-order chi connectivity index (χ0) is 19.6. The maximum absolute atomic E-state index is 6.95. The predicted octanol–water partition coefficient (Wildman–Crippen LogP) is 4.49. The first-order chi connectivity index (χ1) is 13.5. The molecule has 0 radical (unpaired) electrons. The minimum Gasteiger partial charge on any atom is -0.454 e. The van der Waals surface area contributed by atoms with Gasteiger partial charge < -0.3 is 13.9 Å². The Morgan fingerprint density at radius 2 is 1.36 bits per heavy atom. The van der Waals surface area contributed by atoms with E-state index in [2.05, 4.69) is 87.5 Å². The van der Waals surface area contributed by atoms with Crippen LogP contribution in [0.5, 0.6) is 11.5 Å². The monoisotopic (exact) mass is 390 g/mol. The average molecular weight is 391 g/mol. The van der Waals surface area contributed by atoms with Crippen molar-refractivity contribution < 1.29 is 13.9 Å². The fourth-order valence-electron chi connectivity index (χ4n) is 3.98. The highest BCUT2D eigenvalue weighted by molar-refractivity contribution is 6.99. The Labute approximate surface area is 168 Å². The number of hydrogen-bond acceptors (Lipinski definition) is 3. The molecule has 3 aromatic carbocycles. The SMILES string of the molecule is CC(C)(C)[Si](OCc1ccc2c(c1)OCO2)(c1ccccc1)c1ccccc1. The smallest absolute Gasteiger partial charge is 0.261 e. The van der Waals surface area contributed by atoms with Crippen molar-refractivity contribution in [2.75, 3.05) is 6.79 Å². The van der Waals surface area contributed by atoms with Crippen LogP contribution in [0.4, 0.5) is 0 Å². The lowest BCUT2D eigenvalue weighted by Crippen LogP contribution is -2.66. The number of rotatable bonds is 5. The molecule has 4 heteroatoms. The molecular formula is C24H26O3Si. The zero-order valence-electron chi connectivity index (χ0n) is 16.6. The quantitative estimate of drug-likeness (QED) is 0.601. The van der Waals surface area contributed by atoms with E-state index in [0.717, 1.165) is 17.1 Å².